The van der Waals surface area contributed by atoms with Gasteiger partial charge in [-0.05, 0) is 12.5 Å². The standard InChI is InChI=1S/C11H13FO3/c1-2-3-9(14)8-5-4-7(6-13)11(15)10(8)12/h4-6,9,14-15H,2-3H2,1H3. The van der Waals surface area contributed by atoms with Gasteiger partial charge in [-0.25, -0.2) is 4.39 Å². The van der Waals surface area contributed by atoms with E-state index in [1.54, 1.807) is 0 Å². The van der Waals surface area contributed by atoms with Gasteiger partial charge in [0.25, 0.3) is 0 Å². The van der Waals surface area contributed by atoms with Gasteiger partial charge in [0.15, 0.2) is 17.9 Å². The number of aromatic hydroxyl groups is 1. The van der Waals surface area contributed by atoms with Crippen LogP contribution in [0.4, 0.5) is 4.39 Å². The summed E-state index contributed by atoms with van der Waals surface area (Å²) in [6.07, 6.45) is 0.545. The van der Waals surface area contributed by atoms with Gasteiger partial charge in [0.2, 0.25) is 0 Å². The lowest BCUT2D eigenvalue weighted by molar-refractivity contribution is 0.111. The quantitative estimate of drug-likeness (QED) is 0.752. The molecule has 1 rings (SSSR count). The number of halogens is 1. The van der Waals surface area contributed by atoms with E-state index in [0.717, 1.165) is 0 Å². The molecule has 0 heterocycles. The predicted molar refractivity (Wildman–Crippen MR) is 53.3 cm³/mol. The molecule has 0 amide bonds. The number of aliphatic hydroxyl groups excluding tert-OH is 1. The molecule has 82 valence electrons. The summed E-state index contributed by atoms with van der Waals surface area (Å²) < 4.78 is 13.5. The average molecular weight is 212 g/mol. The Kier molecular flexibility index (Phi) is 3.80. The summed E-state index contributed by atoms with van der Waals surface area (Å²) in [4.78, 5) is 10.4. The molecule has 0 fully saturated rings. The van der Waals surface area contributed by atoms with Crippen LogP contribution in [0.3, 0.4) is 0 Å². The number of aliphatic hydroxyl groups is 1. The fraction of sp³-hybridized carbons (Fsp3) is 0.364. The minimum atomic E-state index is -0.943. The second-order valence-electron chi connectivity index (χ2n) is 3.33. The highest BCUT2D eigenvalue weighted by molar-refractivity contribution is 5.79. The maximum absolute atomic E-state index is 13.5. The van der Waals surface area contributed by atoms with E-state index in [2.05, 4.69) is 0 Å². The topological polar surface area (TPSA) is 57.5 Å². The molecule has 1 aromatic carbocycles. The lowest BCUT2D eigenvalue weighted by Gasteiger charge is -2.12. The number of carbonyl (C=O) groups is 1. The third-order valence-electron chi connectivity index (χ3n) is 2.23. The van der Waals surface area contributed by atoms with Crippen LogP contribution < -0.4 is 0 Å². The van der Waals surface area contributed by atoms with Gasteiger partial charge in [-0.1, -0.05) is 19.4 Å². The fourth-order valence-electron chi connectivity index (χ4n) is 1.38. The summed E-state index contributed by atoms with van der Waals surface area (Å²) in [7, 11) is 0. The molecule has 2 N–H and O–H groups in total. The van der Waals surface area contributed by atoms with Crippen LogP contribution in [0, 0.1) is 5.82 Å². The molecule has 4 heteroatoms. The zero-order chi connectivity index (χ0) is 11.4. The third kappa shape index (κ3) is 2.33. The number of rotatable bonds is 4. The van der Waals surface area contributed by atoms with Gasteiger partial charge >= 0.3 is 0 Å². The summed E-state index contributed by atoms with van der Waals surface area (Å²) >= 11 is 0. The maximum atomic E-state index is 13.5. The van der Waals surface area contributed by atoms with E-state index in [9.17, 15) is 19.4 Å². The Morgan fingerprint density at radius 3 is 2.73 bits per heavy atom. The molecule has 1 unspecified atom stereocenters. The van der Waals surface area contributed by atoms with E-state index in [-0.39, 0.29) is 11.1 Å². The highest BCUT2D eigenvalue weighted by Gasteiger charge is 2.17. The summed E-state index contributed by atoms with van der Waals surface area (Å²) in [5.74, 6) is -1.61. The molecule has 0 aliphatic heterocycles. The Balaban J connectivity index is 3.11. The van der Waals surface area contributed by atoms with E-state index in [4.69, 9.17) is 0 Å². The molecule has 1 atom stereocenters. The van der Waals surface area contributed by atoms with Crippen molar-refractivity contribution in [2.75, 3.05) is 0 Å². The summed E-state index contributed by atoms with van der Waals surface area (Å²) in [6.45, 7) is 1.86. The number of carbonyl (C=O) groups excluding carboxylic acids is 1. The zero-order valence-corrected chi connectivity index (χ0v) is 8.40. The summed E-state index contributed by atoms with van der Waals surface area (Å²) in [5, 5.41) is 18.8. The fourth-order valence-corrected chi connectivity index (χ4v) is 1.38. The monoisotopic (exact) mass is 212 g/mol. The number of aldehydes is 1. The maximum Gasteiger partial charge on any atom is 0.171 e. The Morgan fingerprint density at radius 1 is 1.53 bits per heavy atom. The van der Waals surface area contributed by atoms with Gasteiger partial charge in [-0.3, -0.25) is 4.79 Å². The number of phenolic OH excluding ortho intramolecular Hbond substituents is 1. The van der Waals surface area contributed by atoms with Crippen LogP contribution in [-0.2, 0) is 0 Å². The minimum Gasteiger partial charge on any atom is -0.504 e. The second-order valence-corrected chi connectivity index (χ2v) is 3.33. The molecule has 0 aliphatic carbocycles. The largest absolute Gasteiger partial charge is 0.504 e. The highest BCUT2D eigenvalue weighted by atomic mass is 19.1. The number of hydrogen-bond acceptors (Lipinski definition) is 3. The van der Waals surface area contributed by atoms with Crippen molar-refractivity contribution in [3.8, 4) is 5.75 Å². The Labute approximate surface area is 87.2 Å². The molecule has 15 heavy (non-hydrogen) atoms. The molecule has 0 bridgehead atoms. The van der Waals surface area contributed by atoms with Crippen LogP contribution in [0.15, 0.2) is 12.1 Å². The van der Waals surface area contributed by atoms with Crippen molar-refractivity contribution < 1.29 is 19.4 Å². The van der Waals surface area contributed by atoms with Gasteiger partial charge in [-0.15, -0.1) is 0 Å². The van der Waals surface area contributed by atoms with Crippen LogP contribution in [0.25, 0.3) is 0 Å². The Morgan fingerprint density at radius 2 is 2.20 bits per heavy atom. The molecule has 3 nitrogen and oxygen atoms in total. The molecular formula is C11H13FO3. The van der Waals surface area contributed by atoms with Crippen molar-refractivity contribution in [3.05, 3.63) is 29.1 Å². The van der Waals surface area contributed by atoms with Crippen molar-refractivity contribution in [2.24, 2.45) is 0 Å². The molecule has 0 saturated heterocycles. The van der Waals surface area contributed by atoms with Gasteiger partial charge in [0.1, 0.15) is 0 Å². The van der Waals surface area contributed by atoms with Crippen molar-refractivity contribution in [3.63, 3.8) is 0 Å². The SMILES string of the molecule is CCCC(O)c1ccc(C=O)c(O)c1F. The lowest BCUT2D eigenvalue weighted by atomic mass is 10.0. The first-order valence-corrected chi connectivity index (χ1v) is 4.76. The number of hydrogen-bond donors (Lipinski definition) is 2. The van der Waals surface area contributed by atoms with E-state index in [1.807, 2.05) is 6.92 Å². The second kappa shape index (κ2) is 4.89. The van der Waals surface area contributed by atoms with E-state index in [1.165, 1.54) is 12.1 Å². The number of benzene rings is 1. The van der Waals surface area contributed by atoms with Crippen LogP contribution in [-0.4, -0.2) is 16.5 Å². The Bertz CT molecular complexity index is 363. The van der Waals surface area contributed by atoms with Gasteiger partial charge in [-0.2, -0.15) is 0 Å². The van der Waals surface area contributed by atoms with Crippen LogP contribution in [0.2, 0.25) is 0 Å². The van der Waals surface area contributed by atoms with E-state index >= 15 is 0 Å². The summed E-state index contributed by atoms with van der Waals surface area (Å²) in [6, 6.07) is 2.61. The zero-order valence-electron chi connectivity index (χ0n) is 8.40. The Hall–Kier alpha value is -1.42. The third-order valence-corrected chi connectivity index (χ3v) is 2.23. The van der Waals surface area contributed by atoms with Crippen molar-refractivity contribution in [1.82, 2.24) is 0 Å². The van der Waals surface area contributed by atoms with Crippen molar-refractivity contribution in [2.45, 2.75) is 25.9 Å². The molecule has 0 aromatic heterocycles. The molecule has 1 aromatic rings. The van der Waals surface area contributed by atoms with Crippen LogP contribution in [0.1, 0.15) is 41.8 Å². The molecular weight excluding hydrogens is 199 g/mol. The first-order valence-electron chi connectivity index (χ1n) is 4.76. The molecule has 0 spiro atoms. The predicted octanol–water partition coefficient (Wildman–Crippen LogP) is 2.18. The smallest absolute Gasteiger partial charge is 0.171 e. The molecule has 0 radical (unpaired) electrons. The van der Waals surface area contributed by atoms with Crippen LogP contribution in [0.5, 0.6) is 5.75 Å². The van der Waals surface area contributed by atoms with E-state index < -0.39 is 17.7 Å². The molecule has 0 aliphatic rings. The average Bonchev–Trinajstić information content (AvgIpc) is 2.22. The molecule has 0 saturated carbocycles. The minimum absolute atomic E-state index is 0.0277. The van der Waals surface area contributed by atoms with Crippen LogP contribution >= 0.6 is 0 Å². The highest BCUT2D eigenvalue weighted by Crippen LogP contribution is 2.29. The normalized spacial score (nSPS) is 12.5. The van der Waals surface area contributed by atoms with E-state index in [0.29, 0.717) is 19.1 Å². The van der Waals surface area contributed by atoms with Gasteiger partial charge in [0.05, 0.1) is 11.7 Å². The van der Waals surface area contributed by atoms with Crippen molar-refractivity contribution in [1.29, 1.82) is 0 Å². The van der Waals surface area contributed by atoms with Gasteiger partial charge in [0, 0.05) is 5.56 Å². The lowest BCUT2D eigenvalue weighted by Crippen LogP contribution is -2.01. The van der Waals surface area contributed by atoms with Crippen molar-refractivity contribution >= 4 is 6.29 Å². The first kappa shape index (κ1) is 11.7. The number of phenols is 1. The summed E-state index contributed by atoms with van der Waals surface area (Å²) in [5.41, 5.74) is -0.0834. The first-order chi connectivity index (χ1) is 7.11. The van der Waals surface area contributed by atoms with Gasteiger partial charge < -0.3 is 10.2 Å².